The highest BCUT2D eigenvalue weighted by Crippen LogP contribution is 2.44. The predicted molar refractivity (Wildman–Crippen MR) is 96.1 cm³/mol. The first kappa shape index (κ1) is 15.9. The van der Waals surface area contributed by atoms with Crippen LogP contribution < -0.4 is 5.32 Å². The Morgan fingerprint density at radius 2 is 1.92 bits per heavy atom. The van der Waals surface area contributed by atoms with Crippen molar-refractivity contribution in [1.29, 1.82) is 0 Å². The highest BCUT2D eigenvalue weighted by molar-refractivity contribution is 7.10. The molecule has 1 saturated carbocycles. The van der Waals surface area contributed by atoms with Crippen molar-refractivity contribution in [2.75, 3.05) is 6.54 Å². The van der Waals surface area contributed by atoms with Crippen molar-refractivity contribution in [2.45, 2.75) is 49.5 Å². The number of carbonyl (C=O) groups is 1. The van der Waals surface area contributed by atoms with Crippen molar-refractivity contribution in [3.05, 3.63) is 57.8 Å². The number of rotatable bonds is 4. The van der Waals surface area contributed by atoms with Crippen LogP contribution in [0.4, 0.5) is 0 Å². The quantitative estimate of drug-likeness (QED) is 0.894. The lowest BCUT2D eigenvalue weighted by atomic mass is 9.83. The Labute approximate surface area is 146 Å². The van der Waals surface area contributed by atoms with Gasteiger partial charge in [0.1, 0.15) is 5.60 Å². The minimum atomic E-state index is -0.929. The Bertz CT molecular complexity index is 734. The van der Waals surface area contributed by atoms with E-state index in [0.29, 0.717) is 13.0 Å². The van der Waals surface area contributed by atoms with E-state index in [-0.39, 0.29) is 11.3 Å². The highest BCUT2D eigenvalue weighted by atomic mass is 32.1. The molecule has 126 valence electrons. The van der Waals surface area contributed by atoms with Crippen LogP contribution in [0.1, 0.15) is 48.1 Å². The smallest absolute Gasteiger partial charge is 0.231 e. The molecule has 24 heavy (non-hydrogen) atoms. The number of aryl methyl sites for hydroxylation is 1. The summed E-state index contributed by atoms with van der Waals surface area (Å²) in [4.78, 5) is 14.2. The summed E-state index contributed by atoms with van der Waals surface area (Å²) < 4.78 is 0. The molecular formula is C20H23NO2S. The van der Waals surface area contributed by atoms with Crippen LogP contribution in [0.25, 0.3) is 0 Å². The molecule has 0 saturated heterocycles. The van der Waals surface area contributed by atoms with Crippen LogP contribution in [-0.4, -0.2) is 17.6 Å². The van der Waals surface area contributed by atoms with E-state index >= 15 is 0 Å². The topological polar surface area (TPSA) is 49.3 Å². The van der Waals surface area contributed by atoms with E-state index in [0.717, 1.165) is 42.5 Å². The zero-order chi connectivity index (χ0) is 16.6. The number of amides is 1. The minimum absolute atomic E-state index is 0.0836. The fraction of sp³-hybridized carbons (Fsp3) is 0.450. The summed E-state index contributed by atoms with van der Waals surface area (Å²) in [5, 5.41) is 16.2. The molecule has 2 aromatic rings. The van der Waals surface area contributed by atoms with Gasteiger partial charge in [0.05, 0.1) is 12.0 Å². The lowest BCUT2D eigenvalue weighted by Crippen LogP contribution is -2.47. The zero-order valence-corrected chi connectivity index (χ0v) is 14.6. The fourth-order valence-electron chi connectivity index (χ4n) is 4.36. The van der Waals surface area contributed by atoms with E-state index in [9.17, 15) is 9.90 Å². The lowest BCUT2D eigenvalue weighted by molar-refractivity contribution is -0.128. The van der Waals surface area contributed by atoms with Gasteiger partial charge in [-0.3, -0.25) is 4.79 Å². The second-order valence-electron chi connectivity index (χ2n) is 7.14. The van der Waals surface area contributed by atoms with Gasteiger partial charge >= 0.3 is 0 Å². The Balaban J connectivity index is 1.53. The molecule has 0 radical (unpaired) electrons. The van der Waals surface area contributed by atoms with Crippen molar-refractivity contribution < 1.29 is 9.90 Å². The van der Waals surface area contributed by atoms with Crippen LogP contribution in [0, 0.1) is 0 Å². The molecule has 1 amide bonds. The molecule has 0 spiro atoms. The van der Waals surface area contributed by atoms with Gasteiger partial charge in [0, 0.05) is 4.88 Å². The van der Waals surface area contributed by atoms with Gasteiger partial charge in [0.25, 0.3) is 0 Å². The monoisotopic (exact) mass is 341 g/mol. The molecule has 0 aliphatic heterocycles. The first-order valence-electron chi connectivity index (χ1n) is 8.77. The highest BCUT2D eigenvalue weighted by Gasteiger charge is 2.45. The fourth-order valence-corrected chi connectivity index (χ4v) is 5.35. The van der Waals surface area contributed by atoms with Crippen LogP contribution in [0.15, 0.2) is 41.8 Å². The number of aliphatic hydroxyl groups is 1. The Kier molecular flexibility index (Phi) is 3.97. The second-order valence-corrected chi connectivity index (χ2v) is 8.09. The van der Waals surface area contributed by atoms with Crippen molar-refractivity contribution in [3.63, 3.8) is 0 Å². The van der Waals surface area contributed by atoms with Gasteiger partial charge in [-0.2, -0.15) is 0 Å². The van der Waals surface area contributed by atoms with E-state index in [4.69, 9.17) is 0 Å². The molecule has 3 nitrogen and oxygen atoms in total. The molecule has 1 fully saturated rings. The third kappa shape index (κ3) is 2.49. The van der Waals surface area contributed by atoms with E-state index in [1.165, 1.54) is 5.56 Å². The molecular weight excluding hydrogens is 318 g/mol. The number of fused-ring (bicyclic) bond motifs is 1. The molecule has 0 bridgehead atoms. The van der Waals surface area contributed by atoms with Crippen LogP contribution >= 0.6 is 11.3 Å². The van der Waals surface area contributed by atoms with Crippen LogP contribution in [0.3, 0.4) is 0 Å². The third-order valence-corrected chi connectivity index (χ3v) is 6.83. The van der Waals surface area contributed by atoms with Gasteiger partial charge < -0.3 is 10.4 Å². The van der Waals surface area contributed by atoms with Crippen molar-refractivity contribution in [2.24, 2.45) is 0 Å². The van der Waals surface area contributed by atoms with E-state index < -0.39 is 5.60 Å². The summed E-state index contributed by atoms with van der Waals surface area (Å²) >= 11 is 1.67. The average Bonchev–Trinajstić information content (AvgIpc) is 3.34. The number of nitrogens with one attached hydrogen (secondary N) is 1. The molecule has 1 atom stereocenters. The van der Waals surface area contributed by atoms with Crippen LogP contribution in [-0.2, 0) is 22.2 Å². The molecule has 2 aliphatic rings. The molecule has 1 aromatic heterocycles. The molecule has 4 rings (SSSR count). The largest absolute Gasteiger partial charge is 0.383 e. The Hall–Kier alpha value is -1.65. The van der Waals surface area contributed by atoms with E-state index in [1.54, 1.807) is 11.3 Å². The average molecular weight is 341 g/mol. The maximum absolute atomic E-state index is 13.1. The zero-order valence-electron chi connectivity index (χ0n) is 13.8. The van der Waals surface area contributed by atoms with Gasteiger partial charge in [-0.05, 0) is 48.3 Å². The van der Waals surface area contributed by atoms with Crippen molar-refractivity contribution in [3.8, 4) is 0 Å². The first-order chi connectivity index (χ1) is 11.6. The number of benzene rings is 1. The van der Waals surface area contributed by atoms with Gasteiger partial charge in [0.15, 0.2) is 0 Å². The molecule has 2 aliphatic carbocycles. The summed E-state index contributed by atoms with van der Waals surface area (Å²) in [5.74, 6) is 0.0836. The van der Waals surface area contributed by atoms with Crippen LogP contribution in [0.5, 0.6) is 0 Å². The predicted octanol–water partition coefficient (Wildman–Crippen LogP) is 3.51. The standard InChI is InChI=1S/C20H23NO2S/c22-18(19(10-3-4-11-19)17-8-5-13-24-17)21-14-20(23)12-9-15-6-1-2-7-16(15)20/h1-2,5-8,13,23H,3-4,9-12,14H2,(H,21,22)/t20-/m1/s1. The summed E-state index contributed by atoms with van der Waals surface area (Å²) in [6, 6.07) is 12.1. The molecule has 1 heterocycles. The lowest BCUT2D eigenvalue weighted by Gasteiger charge is -2.30. The van der Waals surface area contributed by atoms with Gasteiger partial charge in [-0.1, -0.05) is 43.2 Å². The summed E-state index contributed by atoms with van der Waals surface area (Å²) in [6.45, 7) is 0.302. The number of hydrogen-bond acceptors (Lipinski definition) is 3. The Morgan fingerprint density at radius 3 is 2.67 bits per heavy atom. The minimum Gasteiger partial charge on any atom is -0.383 e. The summed E-state index contributed by atoms with van der Waals surface area (Å²) in [6.07, 6.45) is 5.57. The van der Waals surface area contributed by atoms with Crippen molar-refractivity contribution in [1.82, 2.24) is 5.32 Å². The second kappa shape index (κ2) is 6.01. The first-order valence-corrected chi connectivity index (χ1v) is 9.65. The van der Waals surface area contributed by atoms with Crippen LogP contribution in [0.2, 0.25) is 0 Å². The maximum Gasteiger partial charge on any atom is 0.231 e. The molecule has 1 aromatic carbocycles. The third-order valence-electron chi connectivity index (χ3n) is 5.75. The van der Waals surface area contributed by atoms with E-state index in [2.05, 4.69) is 17.4 Å². The molecule has 4 heteroatoms. The SMILES string of the molecule is O=C(NC[C@]1(O)CCc2ccccc21)C1(c2cccs2)CCCC1. The summed E-state index contributed by atoms with van der Waals surface area (Å²) in [7, 11) is 0. The number of hydrogen-bond donors (Lipinski definition) is 2. The maximum atomic E-state index is 13.1. The number of thiophene rings is 1. The van der Waals surface area contributed by atoms with Gasteiger partial charge in [0.2, 0.25) is 5.91 Å². The van der Waals surface area contributed by atoms with Crippen molar-refractivity contribution >= 4 is 17.2 Å². The summed E-state index contributed by atoms with van der Waals surface area (Å²) in [5.41, 5.74) is 0.856. The van der Waals surface area contributed by atoms with Gasteiger partial charge in [-0.15, -0.1) is 11.3 Å². The molecule has 2 N–H and O–H groups in total. The normalized spacial score (nSPS) is 24.7. The number of carbonyl (C=O) groups excluding carboxylic acids is 1. The Morgan fingerprint density at radius 1 is 1.12 bits per heavy atom. The van der Waals surface area contributed by atoms with Gasteiger partial charge in [-0.25, -0.2) is 0 Å². The molecule has 0 unspecified atom stereocenters. The van der Waals surface area contributed by atoms with E-state index in [1.807, 2.05) is 29.6 Å².